The van der Waals surface area contributed by atoms with E-state index in [-0.39, 0.29) is 17.2 Å². The van der Waals surface area contributed by atoms with E-state index in [9.17, 15) is 19.5 Å². The summed E-state index contributed by atoms with van der Waals surface area (Å²) in [5, 5.41) is 35.1. The van der Waals surface area contributed by atoms with Gasteiger partial charge in [-0.05, 0) is 28.1 Å². The molecule has 0 saturated carbocycles. The number of tetrazole rings is 2. The lowest BCUT2D eigenvalue weighted by Gasteiger charge is -2.55. The van der Waals surface area contributed by atoms with Crippen molar-refractivity contribution in [1.29, 1.82) is 0 Å². The summed E-state index contributed by atoms with van der Waals surface area (Å²) in [5.41, 5.74) is -1.20. The van der Waals surface area contributed by atoms with Crippen LogP contribution in [-0.4, -0.2) is 104 Å². The van der Waals surface area contributed by atoms with E-state index in [0.717, 1.165) is 0 Å². The Kier molecular flexibility index (Phi) is 7.10. The van der Waals surface area contributed by atoms with E-state index in [1.54, 1.807) is 14.0 Å². The van der Waals surface area contributed by atoms with Gasteiger partial charge < -0.3 is 15.2 Å². The Bertz CT molecular complexity index is 1150. The molecule has 0 aromatic carbocycles. The van der Waals surface area contributed by atoms with Crippen molar-refractivity contribution in [3.8, 4) is 0 Å². The normalized spacial score (nSPS) is 21.9. The predicted octanol–water partition coefficient (Wildman–Crippen LogP) is -1.30. The van der Waals surface area contributed by atoms with Gasteiger partial charge in [0.1, 0.15) is 16.9 Å². The van der Waals surface area contributed by atoms with Gasteiger partial charge in [-0.3, -0.25) is 14.5 Å². The van der Waals surface area contributed by atoms with Crippen molar-refractivity contribution in [2.24, 2.45) is 7.05 Å². The highest BCUT2D eigenvalue weighted by molar-refractivity contribution is 8.01. The lowest BCUT2D eigenvalue weighted by Crippen LogP contribution is -2.80. The van der Waals surface area contributed by atoms with E-state index in [4.69, 9.17) is 4.74 Å². The van der Waals surface area contributed by atoms with Crippen LogP contribution in [0.5, 0.6) is 0 Å². The molecule has 0 spiro atoms. The number of hydrogen-bond acceptors (Lipinski definition) is 13. The largest absolute Gasteiger partial charge is 0.477 e. The van der Waals surface area contributed by atoms with Crippen molar-refractivity contribution < 1.29 is 24.2 Å². The number of fused-ring (bicyclic) bond motifs is 1. The minimum absolute atomic E-state index is 0.0195. The van der Waals surface area contributed by atoms with Gasteiger partial charge in [0.05, 0.1) is 5.75 Å². The van der Waals surface area contributed by atoms with Gasteiger partial charge >= 0.3 is 5.97 Å². The molecule has 2 aliphatic heterocycles. The van der Waals surface area contributed by atoms with Gasteiger partial charge in [0.25, 0.3) is 11.6 Å². The summed E-state index contributed by atoms with van der Waals surface area (Å²) in [7, 11) is 2.98. The second-order valence-electron chi connectivity index (χ2n) is 7.14. The van der Waals surface area contributed by atoms with E-state index in [1.807, 2.05) is 0 Å². The average molecular weight is 529 g/mol. The van der Waals surface area contributed by atoms with Crippen LogP contribution in [0, 0.1) is 6.92 Å². The molecule has 2 aromatic heterocycles. The number of aryl methyl sites for hydroxylation is 2. The number of β-lactam (4-membered cyclic amide) rings is 1. The number of aromatic nitrogens is 8. The van der Waals surface area contributed by atoms with Crippen molar-refractivity contribution in [1.82, 2.24) is 50.6 Å². The molecule has 2 atom stereocenters. The maximum Gasteiger partial charge on any atom is 0.352 e. The van der Waals surface area contributed by atoms with E-state index in [1.165, 1.54) is 56.8 Å². The van der Waals surface area contributed by atoms with Gasteiger partial charge in [0, 0.05) is 25.7 Å². The number of amides is 2. The first-order chi connectivity index (χ1) is 16.3. The van der Waals surface area contributed by atoms with Gasteiger partial charge in [-0.25, -0.2) is 9.48 Å². The lowest BCUT2D eigenvalue weighted by molar-refractivity contribution is -0.192. The monoisotopic (exact) mass is 528 g/mol. The molecular weight excluding hydrogens is 508 g/mol. The quantitative estimate of drug-likeness (QED) is 0.211. The second-order valence-corrected chi connectivity index (χ2v) is 10.1. The van der Waals surface area contributed by atoms with Crippen molar-refractivity contribution in [3.05, 3.63) is 17.1 Å². The Morgan fingerprint density at radius 1 is 1.35 bits per heavy atom. The van der Waals surface area contributed by atoms with Crippen LogP contribution >= 0.6 is 35.3 Å². The molecule has 18 heteroatoms. The third-order valence-electron chi connectivity index (χ3n) is 4.91. The number of methoxy groups -OCH3 is 1. The van der Waals surface area contributed by atoms with Crippen molar-refractivity contribution in [2.75, 3.05) is 24.4 Å². The fourth-order valence-electron chi connectivity index (χ4n) is 3.39. The van der Waals surface area contributed by atoms with Crippen LogP contribution in [0.1, 0.15) is 5.82 Å². The van der Waals surface area contributed by atoms with Gasteiger partial charge in [0.2, 0.25) is 11.1 Å². The number of rotatable bonds is 10. The van der Waals surface area contributed by atoms with Gasteiger partial charge in [0.15, 0.2) is 5.82 Å². The van der Waals surface area contributed by atoms with Crippen molar-refractivity contribution >= 4 is 53.1 Å². The molecule has 2 N–H and O–H groups in total. The number of nitrogens with one attached hydrogen (secondary N) is 1. The highest BCUT2D eigenvalue weighted by Crippen LogP contribution is 2.47. The van der Waals surface area contributed by atoms with E-state index >= 15 is 0 Å². The molecule has 15 nitrogen and oxygen atoms in total. The van der Waals surface area contributed by atoms with Crippen LogP contribution in [0.15, 0.2) is 16.4 Å². The van der Waals surface area contributed by atoms with Crippen molar-refractivity contribution in [2.45, 2.75) is 29.1 Å². The summed E-state index contributed by atoms with van der Waals surface area (Å²) in [6.07, 6.45) is 0. The molecule has 2 unspecified atom stereocenters. The van der Waals surface area contributed by atoms with Crippen LogP contribution in [0.4, 0.5) is 0 Å². The minimum Gasteiger partial charge on any atom is -0.477 e. The number of carbonyl (C=O) groups is 3. The first-order valence-corrected chi connectivity index (χ1v) is 12.9. The minimum atomic E-state index is -1.64. The number of carboxylic acids is 1. The van der Waals surface area contributed by atoms with Crippen molar-refractivity contribution in [3.63, 3.8) is 0 Å². The lowest BCUT2D eigenvalue weighted by atomic mass is 9.98. The molecule has 34 heavy (non-hydrogen) atoms. The molecule has 4 rings (SSSR count). The fourth-order valence-corrected chi connectivity index (χ4v) is 6.44. The molecule has 1 fully saturated rings. The molecule has 2 aromatic rings. The Balaban J connectivity index is 1.43. The SMILES string of the molecule is COC1(NC(=O)CSCn2nnc(C)n2)C(=O)N2C(C(=O)O)=C(CSc3nnnn3C)CSC21. The van der Waals surface area contributed by atoms with Crippen LogP contribution in [0.2, 0.25) is 0 Å². The highest BCUT2D eigenvalue weighted by atomic mass is 32.2. The van der Waals surface area contributed by atoms with E-state index in [0.29, 0.717) is 28.2 Å². The maximum absolute atomic E-state index is 13.1. The molecule has 0 aliphatic carbocycles. The average Bonchev–Trinajstić information content (AvgIpc) is 3.42. The number of aliphatic carboxylic acids is 1. The van der Waals surface area contributed by atoms with Crippen LogP contribution < -0.4 is 5.32 Å². The molecular formula is C16H20N10O5S3. The Hall–Kier alpha value is -2.70. The number of thioether (sulfide) groups is 3. The maximum atomic E-state index is 13.1. The first-order valence-electron chi connectivity index (χ1n) is 9.71. The highest BCUT2D eigenvalue weighted by Gasteiger charge is 2.66. The van der Waals surface area contributed by atoms with Gasteiger partial charge in [-0.2, -0.15) is 4.80 Å². The zero-order chi connectivity index (χ0) is 24.5. The van der Waals surface area contributed by atoms with Crippen LogP contribution in [-0.2, 0) is 32.0 Å². The summed E-state index contributed by atoms with van der Waals surface area (Å²) >= 11 is 3.82. The zero-order valence-electron chi connectivity index (χ0n) is 18.2. The summed E-state index contributed by atoms with van der Waals surface area (Å²) < 4.78 is 6.92. The molecule has 182 valence electrons. The fraction of sp³-hybridized carbons (Fsp3) is 0.562. The number of carboxylic acid groups (broad SMARTS) is 1. The number of hydrogen-bond donors (Lipinski definition) is 2. The summed E-state index contributed by atoms with van der Waals surface area (Å²) in [6.45, 7) is 1.70. The van der Waals surface area contributed by atoms with Crippen LogP contribution in [0.3, 0.4) is 0 Å². The third-order valence-corrected chi connectivity index (χ3v) is 8.26. The summed E-state index contributed by atoms with van der Waals surface area (Å²) in [4.78, 5) is 40.3. The van der Waals surface area contributed by atoms with E-state index in [2.05, 4.69) is 36.3 Å². The van der Waals surface area contributed by atoms with E-state index < -0.39 is 28.9 Å². The van der Waals surface area contributed by atoms with Crippen LogP contribution in [0.25, 0.3) is 0 Å². The molecule has 4 heterocycles. The summed E-state index contributed by atoms with van der Waals surface area (Å²) in [6, 6.07) is 0. The van der Waals surface area contributed by atoms with Gasteiger partial charge in [-0.15, -0.1) is 38.8 Å². The number of ether oxygens (including phenoxy) is 1. The first kappa shape index (κ1) is 24.4. The second kappa shape index (κ2) is 9.88. The molecule has 2 amide bonds. The predicted molar refractivity (Wildman–Crippen MR) is 120 cm³/mol. The third kappa shape index (κ3) is 4.49. The number of nitrogens with zero attached hydrogens (tertiary/aromatic N) is 9. The number of carbonyl (C=O) groups excluding carboxylic acids is 2. The van der Waals surface area contributed by atoms with Gasteiger partial charge in [-0.1, -0.05) is 11.8 Å². The standard InChI is InChI=1S/C16H20N10O5S3/c1-8-18-22-25(20-8)7-32-6-10(27)17-16(31-3)13(30)26-11(12(28)29)9(4-33-14(16)26)5-34-15-19-21-23-24(15)2/h14H,4-7H2,1-3H3,(H,17,27)(H,28,29). The zero-order valence-corrected chi connectivity index (χ0v) is 20.7. The molecule has 0 bridgehead atoms. The Labute approximate surface area is 205 Å². The molecule has 1 saturated heterocycles. The Morgan fingerprint density at radius 2 is 2.15 bits per heavy atom. The smallest absolute Gasteiger partial charge is 0.352 e. The molecule has 2 aliphatic rings. The topological polar surface area (TPSA) is 183 Å². The molecule has 0 radical (unpaired) electrons. The Morgan fingerprint density at radius 3 is 2.76 bits per heavy atom. The summed E-state index contributed by atoms with van der Waals surface area (Å²) in [5.74, 6) is -0.835.